The molecule has 2 heterocycles. The number of Topliss-reactive ketones (excluding diaryl/α,β-unsaturated/α-hetero) is 2. The summed E-state index contributed by atoms with van der Waals surface area (Å²) in [5.41, 5.74) is 5.01. The normalized spacial score (nSPS) is 19.0. The Labute approximate surface area is 170 Å². The quantitative estimate of drug-likeness (QED) is 0.621. The summed E-state index contributed by atoms with van der Waals surface area (Å²) in [5.74, 6) is 0.295. The Morgan fingerprint density at radius 3 is 2.79 bits per heavy atom. The number of fused-ring (bicyclic) bond motifs is 5. The molecule has 1 aliphatic carbocycles. The van der Waals surface area contributed by atoms with Crippen LogP contribution in [0.2, 0.25) is 0 Å². The molecule has 2 aliphatic rings. The van der Waals surface area contributed by atoms with Crippen LogP contribution >= 0.6 is 0 Å². The molecule has 0 radical (unpaired) electrons. The molecule has 1 atom stereocenters. The molecule has 150 valence electrons. The summed E-state index contributed by atoms with van der Waals surface area (Å²) >= 11 is 0. The van der Waals surface area contributed by atoms with Crippen LogP contribution in [0.3, 0.4) is 0 Å². The smallest absolute Gasteiger partial charge is 0.163 e. The van der Waals surface area contributed by atoms with Gasteiger partial charge in [0.1, 0.15) is 0 Å². The average Bonchev–Trinajstić information content (AvgIpc) is 3.44. The summed E-state index contributed by atoms with van der Waals surface area (Å²) in [6.07, 6.45) is 2.45. The fraction of sp³-hybridized carbons (Fsp3) is 0.417. The first kappa shape index (κ1) is 18.5. The van der Waals surface area contributed by atoms with Crippen LogP contribution in [0.25, 0.3) is 21.8 Å². The van der Waals surface area contributed by atoms with Gasteiger partial charge in [0, 0.05) is 65.1 Å². The molecule has 3 aromatic rings. The zero-order valence-corrected chi connectivity index (χ0v) is 17.0. The Kier molecular flexibility index (Phi) is 4.52. The average molecular weight is 390 g/mol. The van der Waals surface area contributed by atoms with E-state index in [0.717, 1.165) is 77.6 Å². The standard InChI is InChI=1S/C24H26N2O3/c1-15(27)16-3-6-21-20(13-16)24-19-5-8-23(28)18(19)4-7-22(24)26(21)11-10-25(2)17-9-12-29-14-17/h3-4,6-7,13,17H,5,8-12,14H2,1-2H3. The maximum Gasteiger partial charge on any atom is 0.163 e. The maximum atomic E-state index is 12.3. The van der Waals surface area contributed by atoms with Gasteiger partial charge in [-0.15, -0.1) is 0 Å². The second kappa shape index (κ2) is 7.08. The van der Waals surface area contributed by atoms with Crippen molar-refractivity contribution in [2.45, 2.75) is 38.8 Å². The molecule has 29 heavy (non-hydrogen) atoms. The van der Waals surface area contributed by atoms with Crippen molar-refractivity contribution in [3.8, 4) is 0 Å². The molecule has 1 unspecified atom stereocenters. The van der Waals surface area contributed by atoms with Crippen molar-refractivity contribution in [3.63, 3.8) is 0 Å². The lowest BCUT2D eigenvalue weighted by atomic mass is 10.0. The fourth-order valence-corrected chi connectivity index (χ4v) is 4.93. The number of hydrogen-bond acceptors (Lipinski definition) is 4. The van der Waals surface area contributed by atoms with E-state index in [2.05, 4.69) is 28.6 Å². The number of aryl methyl sites for hydroxylation is 1. The Morgan fingerprint density at radius 2 is 2.03 bits per heavy atom. The predicted octanol–water partition coefficient (Wildman–Crippen LogP) is 3.85. The Balaban J connectivity index is 1.64. The van der Waals surface area contributed by atoms with Gasteiger partial charge in [-0.3, -0.25) is 14.5 Å². The number of carbonyl (C=O) groups excluding carboxylic acids is 2. The first-order valence-electron chi connectivity index (χ1n) is 10.4. The zero-order valence-electron chi connectivity index (χ0n) is 17.0. The number of likely N-dealkylation sites (N-methyl/N-ethyl adjacent to an activating group) is 1. The van der Waals surface area contributed by atoms with Crippen molar-refractivity contribution in [1.29, 1.82) is 0 Å². The minimum absolute atomic E-state index is 0.0671. The molecular formula is C24H26N2O3. The third-order valence-electron chi connectivity index (χ3n) is 6.65. The molecule has 5 rings (SSSR count). The molecular weight excluding hydrogens is 364 g/mol. The SMILES string of the molecule is CC(=O)c1ccc2c(c1)c1c3c(ccc1n2CCN(C)C1CCOC1)C(=O)CC3. The molecule has 1 saturated heterocycles. The first-order chi connectivity index (χ1) is 14.0. The number of ketones is 2. The number of rotatable bonds is 5. The van der Waals surface area contributed by atoms with E-state index >= 15 is 0 Å². The van der Waals surface area contributed by atoms with E-state index in [0.29, 0.717) is 12.5 Å². The van der Waals surface area contributed by atoms with Gasteiger partial charge in [0.2, 0.25) is 0 Å². The van der Waals surface area contributed by atoms with Gasteiger partial charge in [0.15, 0.2) is 11.6 Å². The summed E-state index contributed by atoms with van der Waals surface area (Å²) in [6, 6.07) is 10.5. The summed E-state index contributed by atoms with van der Waals surface area (Å²) in [4.78, 5) is 26.7. The van der Waals surface area contributed by atoms with Gasteiger partial charge in [-0.05, 0) is 62.7 Å². The Morgan fingerprint density at radius 1 is 1.21 bits per heavy atom. The molecule has 1 aliphatic heterocycles. The maximum absolute atomic E-state index is 12.3. The number of ether oxygens (including phenoxy) is 1. The van der Waals surface area contributed by atoms with Crippen molar-refractivity contribution < 1.29 is 14.3 Å². The predicted molar refractivity (Wildman–Crippen MR) is 114 cm³/mol. The van der Waals surface area contributed by atoms with Crippen LogP contribution in [0.4, 0.5) is 0 Å². The molecule has 0 bridgehead atoms. The minimum Gasteiger partial charge on any atom is -0.380 e. The van der Waals surface area contributed by atoms with E-state index in [1.807, 2.05) is 18.2 Å². The summed E-state index contributed by atoms with van der Waals surface area (Å²) in [5, 5.41) is 2.24. The molecule has 1 aromatic heterocycles. The molecule has 2 aromatic carbocycles. The highest BCUT2D eigenvalue weighted by atomic mass is 16.5. The van der Waals surface area contributed by atoms with E-state index in [1.165, 1.54) is 0 Å². The third kappa shape index (κ3) is 3.00. The van der Waals surface area contributed by atoms with E-state index < -0.39 is 0 Å². The number of hydrogen-bond donors (Lipinski definition) is 0. The van der Waals surface area contributed by atoms with Crippen LogP contribution in [0, 0.1) is 0 Å². The zero-order chi connectivity index (χ0) is 20.1. The van der Waals surface area contributed by atoms with Gasteiger partial charge < -0.3 is 9.30 Å². The molecule has 0 amide bonds. The van der Waals surface area contributed by atoms with Gasteiger partial charge in [0.25, 0.3) is 0 Å². The molecule has 0 N–H and O–H groups in total. The molecule has 5 heteroatoms. The van der Waals surface area contributed by atoms with E-state index in [1.54, 1.807) is 6.92 Å². The fourth-order valence-electron chi connectivity index (χ4n) is 4.93. The molecule has 1 fully saturated rings. The van der Waals surface area contributed by atoms with Crippen LogP contribution < -0.4 is 0 Å². The second-order valence-corrected chi connectivity index (χ2v) is 8.35. The lowest BCUT2D eigenvalue weighted by Gasteiger charge is -2.23. The highest BCUT2D eigenvalue weighted by Gasteiger charge is 2.26. The van der Waals surface area contributed by atoms with Gasteiger partial charge in [0.05, 0.1) is 6.61 Å². The molecule has 0 spiro atoms. The van der Waals surface area contributed by atoms with Crippen LogP contribution in [-0.2, 0) is 17.7 Å². The molecule has 5 nitrogen and oxygen atoms in total. The summed E-state index contributed by atoms with van der Waals surface area (Å²) in [7, 11) is 2.16. The number of nitrogens with zero attached hydrogens (tertiary/aromatic N) is 2. The van der Waals surface area contributed by atoms with Crippen molar-refractivity contribution in [2.75, 3.05) is 26.8 Å². The largest absolute Gasteiger partial charge is 0.380 e. The van der Waals surface area contributed by atoms with Crippen molar-refractivity contribution >= 4 is 33.4 Å². The van der Waals surface area contributed by atoms with Crippen LogP contribution in [0.5, 0.6) is 0 Å². The summed E-state index contributed by atoms with van der Waals surface area (Å²) < 4.78 is 7.89. The van der Waals surface area contributed by atoms with Crippen molar-refractivity contribution in [3.05, 3.63) is 47.0 Å². The lowest BCUT2D eigenvalue weighted by Crippen LogP contribution is -2.34. The van der Waals surface area contributed by atoms with Crippen molar-refractivity contribution in [1.82, 2.24) is 9.47 Å². The van der Waals surface area contributed by atoms with Crippen LogP contribution in [-0.4, -0.2) is 53.9 Å². The Bertz CT molecular complexity index is 1140. The Hall–Kier alpha value is -2.50. The lowest BCUT2D eigenvalue weighted by molar-refractivity contribution is 0.0991. The van der Waals surface area contributed by atoms with E-state index in [4.69, 9.17) is 4.74 Å². The van der Waals surface area contributed by atoms with Gasteiger partial charge in [-0.25, -0.2) is 0 Å². The van der Waals surface area contributed by atoms with Crippen molar-refractivity contribution in [2.24, 2.45) is 0 Å². The van der Waals surface area contributed by atoms with E-state index in [-0.39, 0.29) is 11.6 Å². The number of aromatic nitrogens is 1. The number of benzene rings is 2. The van der Waals surface area contributed by atoms with Gasteiger partial charge in [-0.2, -0.15) is 0 Å². The molecule has 0 saturated carbocycles. The summed E-state index contributed by atoms with van der Waals surface area (Å²) in [6.45, 7) is 5.04. The van der Waals surface area contributed by atoms with E-state index in [9.17, 15) is 9.59 Å². The second-order valence-electron chi connectivity index (χ2n) is 8.35. The highest BCUT2D eigenvalue weighted by Crippen LogP contribution is 2.37. The van der Waals surface area contributed by atoms with Gasteiger partial charge >= 0.3 is 0 Å². The topological polar surface area (TPSA) is 51.5 Å². The van der Waals surface area contributed by atoms with Crippen LogP contribution in [0.15, 0.2) is 30.3 Å². The highest BCUT2D eigenvalue weighted by molar-refractivity contribution is 6.16. The van der Waals surface area contributed by atoms with Crippen LogP contribution in [0.1, 0.15) is 46.0 Å². The third-order valence-corrected chi connectivity index (χ3v) is 6.65. The first-order valence-corrected chi connectivity index (χ1v) is 10.4. The van der Waals surface area contributed by atoms with Gasteiger partial charge in [-0.1, -0.05) is 0 Å². The number of carbonyl (C=O) groups is 2. The monoisotopic (exact) mass is 390 g/mol. The minimum atomic E-state index is 0.0671.